The van der Waals surface area contributed by atoms with E-state index in [0.717, 1.165) is 5.56 Å². The quantitative estimate of drug-likeness (QED) is 0.470. The van der Waals surface area contributed by atoms with Gasteiger partial charge in [0.2, 0.25) is 0 Å². The van der Waals surface area contributed by atoms with Gasteiger partial charge in [0.25, 0.3) is 0 Å². The third kappa shape index (κ3) is 6.80. The number of benzene rings is 1. The summed E-state index contributed by atoms with van der Waals surface area (Å²) < 4.78 is 10.0. The molecule has 1 rings (SSSR count). The monoisotopic (exact) mass is 335 g/mol. The highest BCUT2D eigenvalue weighted by molar-refractivity contribution is 6.21. The van der Waals surface area contributed by atoms with Gasteiger partial charge in [-0.15, -0.1) is 24.0 Å². The SMILES string of the molecule is CC(=O)Oc1ccc(C(Cl)CN(C)C)cc1OC(C)=O.Cl. The molecule has 0 heterocycles. The van der Waals surface area contributed by atoms with Crippen LogP contribution in [0.3, 0.4) is 0 Å². The number of nitrogens with zero attached hydrogens (tertiary/aromatic N) is 1. The van der Waals surface area contributed by atoms with Crippen LogP contribution in [0.2, 0.25) is 0 Å². The molecule has 0 saturated carbocycles. The molecule has 0 N–H and O–H groups in total. The Hall–Kier alpha value is -1.30. The van der Waals surface area contributed by atoms with E-state index < -0.39 is 11.9 Å². The highest BCUT2D eigenvalue weighted by Crippen LogP contribution is 2.33. The van der Waals surface area contributed by atoms with Crippen LogP contribution in [0.4, 0.5) is 0 Å². The fraction of sp³-hybridized carbons (Fsp3) is 0.429. The Morgan fingerprint density at radius 2 is 1.67 bits per heavy atom. The van der Waals surface area contributed by atoms with E-state index in [-0.39, 0.29) is 29.3 Å². The molecular formula is C14H19Cl2NO4. The van der Waals surface area contributed by atoms with Crippen molar-refractivity contribution in [2.75, 3.05) is 20.6 Å². The first-order valence-corrected chi connectivity index (χ1v) is 6.53. The largest absolute Gasteiger partial charge is 0.423 e. The van der Waals surface area contributed by atoms with Crippen molar-refractivity contribution in [2.45, 2.75) is 19.2 Å². The predicted molar refractivity (Wildman–Crippen MR) is 83.5 cm³/mol. The summed E-state index contributed by atoms with van der Waals surface area (Å²) in [6.45, 7) is 3.19. The maximum absolute atomic E-state index is 11.1. The van der Waals surface area contributed by atoms with Gasteiger partial charge in [-0.3, -0.25) is 9.59 Å². The summed E-state index contributed by atoms with van der Waals surface area (Å²) in [6, 6.07) is 4.92. The average Bonchev–Trinajstić information content (AvgIpc) is 2.29. The number of alkyl halides is 1. The Bertz CT molecular complexity index is 506. The number of ether oxygens (including phenoxy) is 2. The molecule has 0 amide bonds. The van der Waals surface area contributed by atoms with Crippen molar-refractivity contribution in [2.24, 2.45) is 0 Å². The fourth-order valence-corrected chi connectivity index (χ4v) is 2.03. The highest BCUT2D eigenvalue weighted by atomic mass is 35.5. The Morgan fingerprint density at radius 3 is 2.14 bits per heavy atom. The Morgan fingerprint density at radius 1 is 1.14 bits per heavy atom. The van der Waals surface area contributed by atoms with Crippen molar-refractivity contribution in [3.8, 4) is 11.5 Å². The van der Waals surface area contributed by atoms with E-state index in [1.54, 1.807) is 18.2 Å². The average molecular weight is 336 g/mol. The topological polar surface area (TPSA) is 55.8 Å². The third-order valence-corrected chi connectivity index (χ3v) is 2.75. The van der Waals surface area contributed by atoms with Crippen molar-refractivity contribution in [1.29, 1.82) is 0 Å². The number of esters is 2. The summed E-state index contributed by atoms with van der Waals surface area (Å²) in [5, 5.41) is -0.259. The van der Waals surface area contributed by atoms with Crippen LogP contribution in [-0.2, 0) is 9.59 Å². The molecule has 1 unspecified atom stereocenters. The van der Waals surface area contributed by atoms with Gasteiger partial charge in [-0.05, 0) is 31.8 Å². The third-order valence-electron chi connectivity index (χ3n) is 2.36. The second-order valence-electron chi connectivity index (χ2n) is 4.62. The van der Waals surface area contributed by atoms with Crippen LogP contribution in [0.15, 0.2) is 18.2 Å². The van der Waals surface area contributed by atoms with Crippen molar-refractivity contribution in [3.05, 3.63) is 23.8 Å². The van der Waals surface area contributed by atoms with Crippen molar-refractivity contribution >= 4 is 35.9 Å². The van der Waals surface area contributed by atoms with Crippen molar-refractivity contribution in [3.63, 3.8) is 0 Å². The maximum atomic E-state index is 11.1. The number of carbonyl (C=O) groups is 2. The van der Waals surface area contributed by atoms with Gasteiger partial charge in [-0.25, -0.2) is 0 Å². The Kier molecular flexibility index (Phi) is 8.32. The summed E-state index contributed by atoms with van der Waals surface area (Å²) in [6.07, 6.45) is 0. The fourth-order valence-electron chi connectivity index (χ4n) is 1.62. The van der Waals surface area contributed by atoms with Crippen LogP contribution in [-0.4, -0.2) is 37.5 Å². The number of hydrogen-bond donors (Lipinski definition) is 0. The summed E-state index contributed by atoms with van der Waals surface area (Å²) >= 11 is 6.28. The molecule has 0 aliphatic carbocycles. The lowest BCUT2D eigenvalue weighted by molar-refractivity contribution is -0.134. The van der Waals surface area contributed by atoms with Crippen LogP contribution in [0.5, 0.6) is 11.5 Å². The summed E-state index contributed by atoms with van der Waals surface area (Å²) in [5.74, 6) is -0.587. The molecule has 0 aromatic heterocycles. The number of rotatable bonds is 5. The van der Waals surface area contributed by atoms with Crippen LogP contribution >= 0.6 is 24.0 Å². The minimum Gasteiger partial charge on any atom is -0.423 e. The standard InChI is InChI=1S/C14H18ClNO4.ClH/c1-9(17)19-13-6-5-11(12(15)8-16(3)4)7-14(13)20-10(2)18;/h5-7,12H,8H2,1-4H3;1H. The molecule has 0 spiro atoms. The van der Waals surface area contributed by atoms with Gasteiger partial charge in [0, 0.05) is 20.4 Å². The van der Waals surface area contributed by atoms with E-state index in [0.29, 0.717) is 6.54 Å². The van der Waals surface area contributed by atoms with Crippen molar-refractivity contribution in [1.82, 2.24) is 4.90 Å². The first kappa shape index (κ1) is 19.7. The summed E-state index contributed by atoms with van der Waals surface area (Å²) in [4.78, 5) is 24.1. The van der Waals surface area contributed by atoms with Crippen LogP contribution in [0.1, 0.15) is 24.8 Å². The molecule has 0 fully saturated rings. The van der Waals surface area contributed by atoms with E-state index in [4.69, 9.17) is 21.1 Å². The Labute approximate surface area is 135 Å². The lowest BCUT2D eigenvalue weighted by Crippen LogP contribution is -2.17. The minimum absolute atomic E-state index is 0. The molecule has 7 heteroatoms. The van der Waals surface area contributed by atoms with E-state index in [1.807, 2.05) is 19.0 Å². The molecule has 21 heavy (non-hydrogen) atoms. The number of halogens is 2. The van der Waals surface area contributed by atoms with Crippen LogP contribution in [0, 0.1) is 0 Å². The lowest BCUT2D eigenvalue weighted by atomic mass is 10.1. The molecule has 0 radical (unpaired) electrons. The van der Waals surface area contributed by atoms with E-state index in [2.05, 4.69) is 0 Å². The highest BCUT2D eigenvalue weighted by Gasteiger charge is 2.15. The Balaban J connectivity index is 0.00000400. The molecule has 0 aliphatic heterocycles. The van der Waals surface area contributed by atoms with E-state index in [9.17, 15) is 9.59 Å². The van der Waals surface area contributed by atoms with Crippen molar-refractivity contribution < 1.29 is 19.1 Å². The van der Waals surface area contributed by atoms with E-state index >= 15 is 0 Å². The minimum atomic E-state index is -0.491. The molecule has 0 saturated heterocycles. The number of likely N-dealkylation sites (N-methyl/N-ethyl adjacent to an activating group) is 1. The molecule has 0 aliphatic rings. The van der Waals surface area contributed by atoms with Gasteiger partial charge in [0.1, 0.15) is 0 Å². The second-order valence-corrected chi connectivity index (χ2v) is 5.15. The molecule has 5 nitrogen and oxygen atoms in total. The summed E-state index contributed by atoms with van der Waals surface area (Å²) in [7, 11) is 3.82. The van der Waals surface area contributed by atoms with E-state index in [1.165, 1.54) is 13.8 Å². The predicted octanol–water partition coefficient (Wildman–Crippen LogP) is 2.80. The zero-order valence-electron chi connectivity index (χ0n) is 12.4. The first-order chi connectivity index (χ1) is 9.29. The maximum Gasteiger partial charge on any atom is 0.308 e. The summed E-state index contributed by atoms with van der Waals surface area (Å²) in [5.41, 5.74) is 0.785. The van der Waals surface area contributed by atoms with Crippen LogP contribution in [0.25, 0.3) is 0 Å². The smallest absolute Gasteiger partial charge is 0.308 e. The van der Waals surface area contributed by atoms with Gasteiger partial charge < -0.3 is 14.4 Å². The first-order valence-electron chi connectivity index (χ1n) is 6.09. The normalized spacial score (nSPS) is 11.5. The molecule has 0 bridgehead atoms. The van der Waals surface area contributed by atoms with Crippen LogP contribution < -0.4 is 9.47 Å². The second kappa shape index (κ2) is 8.87. The van der Waals surface area contributed by atoms with Gasteiger partial charge in [-0.1, -0.05) is 6.07 Å². The van der Waals surface area contributed by atoms with Gasteiger partial charge in [0.15, 0.2) is 11.5 Å². The zero-order valence-corrected chi connectivity index (χ0v) is 14.0. The number of carbonyl (C=O) groups excluding carboxylic acids is 2. The number of hydrogen-bond acceptors (Lipinski definition) is 5. The molecular weight excluding hydrogens is 317 g/mol. The zero-order chi connectivity index (χ0) is 15.3. The molecule has 1 aromatic carbocycles. The lowest BCUT2D eigenvalue weighted by Gasteiger charge is -2.17. The van der Waals surface area contributed by atoms with Gasteiger partial charge in [0.05, 0.1) is 5.38 Å². The van der Waals surface area contributed by atoms with Gasteiger partial charge in [-0.2, -0.15) is 0 Å². The molecule has 1 atom stereocenters. The molecule has 1 aromatic rings. The van der Waals surface area contributed by atoms with Gasteiger partial charge >= 0.3 is 11.9 Å². The molecule has 118 valence electrons.